The quantitative estimate of drug-likeness (QED) is 0.145. The Morgan fingerprint density at radius 2 is 1.83 bits per heavy atom. The smallest absolute Gasteiger partial charge is 0.394 e. The van der Waals surface area contributed by atoms with E-state index in [4.69, 9.17) is 38.6 Å². The van der Waals surface area contributed by atoms with Crippen LogP contribution >= 0.6 is 22.9 Å². The molecule has 2 aromatic carbocycles. The average Bonchev–Trinajstić information content (AvgIpc) is 3.84. The first-order chi connectivity index (χ1) is 25.1. The minimum atomic E-state index is -4.67. The number of ether oxygens (including phenoxy) is 2. The lowest BCUT2D eigenvalue weighted by atomic mass is 10.0. The maximum Gasteiger partial charge on any atom is 0.394 e. The lowest BCUT2D eigenvalue weighted by Gasteiger charge is -2.35. The normalized spacial score (nSPS) is 17.8. The number of nitrogens with one attached hydrogen (secondary N) is 1. The number of pyridine rings is 1. The number of aromatic nitrogens is 1. The number of carbonyl (C=O) groups is 2. The summed E-state index contributed by atoms with van der Waals surface area (Å²) in [7, 11) is -1.79. The van der Waals surface area contributed by atoms with Gasteiger partial charge in [0.2, 0.25) is 5.43 Å². The number of methoxy groups -OCH3 is 2. The van der Waals surface area contributed by atoms with Crippen LogP contribution in [0.4, 0.5) is 10.1 Å². The third kappa shape index (κ3) is 9.53. The number of piperazine rings is 1. The minimum Gasteiger partial charge on any atom is -0.492 e. The third-order valence-electron chi connectivity index (χ3n) is 9.08. The van der Waals surface area contributed by atoms with E-state index < -0.39 is 33.7 Å². The highest BCUT2D eigenvalue weighted by Crippen LogP contribution is 2.44. The standard InChI is InChI=1S/C19H22FN3O4.C16H16ClNO2S.H2O4S/c1-10-8-22(6-5-21-10)16-14(20)7-12-15(18(16)27-2)23(11-3-4-11)9-13(17(12)24)19(25)26;1-20-16(19)15(12-4-2-3-5-13(12)17)18-8-6-14-11(10-18)7-9-21-14;1-5(2,3)4/h7,9-11,21H,3-6,8H2,1-2H3,(H,25,26);2-5,7,9,15H,6,8,10H2,1H3;(H2,1,2,3,4)/t;15-;/m.0./s1. The molecule has 3 aliphatic rings. The second-order valence-electron chi connectivity index (χ2n) is 12.7. The van der Waals surface area contributed by atoms with Crippen LogP contribution in [0.3, 0.4) is 0 Å². The van der Waals surface area contributed by atoms with Gasteiger partial charge in [-0.3, -0.25) is 18.8 Å². The molecule has 2 fully saturated rings. The van der Waals surface area contributed by atoms with Gasteiger partial charge in [-0.05, 0) is 60.9 Å². The SMILES string of the molecule is COC(=O)[C@H](c1ccccc1Cl)N1CCc2sccc2C1.COc1c(N2CCNC(C)C2)c(F)cc2c(=O)c(C(=O)O)cn(C3CC3)c12.O=S(=O)(O)O. The van der Waals surface area contributed by atoms with Crippen LogP contribution in [0, 0.1) is 5.82 Å². The summed E-state index contributed by atoms with van der Waals surface area (Å²) >= 11 is 8.07. The van der Waals surface area contributed by atoms with E-state index in [1.54, 1.807) is 15.9 Å². The first-order valence-corrected chi connectivity index (χ1v) is 19.3. The third-order valence-corrected chi connectivity index (χ3v) is 10.5. The molecule has 2 aromatic heterocycles. The number of hydrogen-bond donors (Lipinski definition) is 4. The second-order valence-corrected chi connectivity index (χ2v) is 15.0. The highest BCUT2D eigenvalue weighted by Gasteiger charge is 2.34. The van der Waals surface area contributed by atoms with E-state index >= 15 is 4.39 Å². The number of nitrogens with zero attached hydrogens (tertiary/aromatic N) is 3. The second kappa shape index (κ2) is 16.9. The summed E-state index contributed by atoms with van der Waals surface area (Å²) < 4.78 is 59.1. The monoisotopic (exact) mass is 794 g/mol. The average molecular weight is 795 g/mol. The number of carbonyl (C=O) groups excluding carboxylic acids is 1. The summed E-state index contributed by atoms with van der Waals surface area (Å²) in [4.78, 5) is 41.9. The van der Waals surface area contributed by atoms with Gasteiger partial charge in [0, 0.05) is 60.9 Å². The van der Waals surface area contributed by atoms with Crippen LogP contribution in [0.2, 0.25) is 5.02 Å². The Bertz CT molecular complexity index is 2150. The molecule has 53 heavy (non-hydrogen) atoms. The van der Waals surface area contributed by atoms with Crippen molar-refractivity contribution in [2.45, 2.75) is 50.9 Å². The minimum absolute atomic E-state index is 0.0445. The van der Waals surface area contributed by atoms with Gasteiger partial charge < -0.3 is 29.4 Å². The van der Waals surface area contributed by atoms with Crippen LogP contribution < -0.4 is 20.4 Å². The van der Waals surface area contributed by atoms with Crippen LogP contribution in [0.25, 0.3) is 10.9 Å². The Labute approximate surface area is 314 Å². The number of rotatable bonds is 7. The van der Waals surface area contributed by atoms with Crippen molar-refractivity contribution in [3.63, 3.8) is 0 Å². The molecule has 0 spiro atoms. The van der Waals surface area contributed by atoms with Crippen LogP contribution in [0.15, 0.2) is 52.8 Å². The van der Waals surface area contributed by atoms with Crippen molar-refractivity contribution < 1.29 is 46.1 Å². The summed E-state index contributed by atoms with van der Waals surface area (Å²) in [5, 5.41) is 15.5. The van der Waals surface area contributed by atoms with E-state index in [9.17, 15) is 19.5 Å². The Hall–Kier alpha value is -4.10. The van der Waals surface area contributed by atoms with Gasteiger partial charge in [-0.1, -0.05) is 29.8 Å². The topological polar surface area (TPSA) is 188 Å². The number of benzene rings is 2. The Morgan fingerprint density at radius 3 is 2.43 bits per heavy atom. The molecule has 286 valence electrons. The zero-order valence-corrected chi connectivity index (χ0v) is 31.5. The molecule has 2 aliphatic heterocycles. The molecular formula is C35H40ClFN4O10S2. The lowest BCUT2D eigenvalue weighted by Crippen LogP contribution is -2.49. The number of carboxylic acid groups (broad SMARTS) is 1. The van der Waals surface area contributed by atoms with E-state index in [2.05, 4.69) is 21.7 Å². The molecule has 1 saturated heterocycles. The summed E-state index contributed by atoms with van der Waals surface area (Å²) in [5.41, 5.74) is 1.87. The molecule has 0 bridgehead atoms. The molecule has 1 aliphatic carbocycles. The van der Waals surface area contributed by atoms with Crippen LogP contribution in [-0.2, 0) is 32.9 Å². The molecule has 4 heterocycles. The van der Waals surface area contributed by atoms with Gasteiger partial charge in [0.15, 0.2) is 11.6 Å². The molecule has 0 radical (unpaired) electrons. The zero-order chi connectivity index (χ0) is 38.6. The molecule has 2 atom stereocenters. The maximum absolute atomic E-state index is 15.1. The predicted molar refractivity (Wildman–Crippen MR) is 198 cm³/mol. The van der Waals surface area contributed by atoms with Crippen LogP contribution in [0.1, 0.15) is 58.2 Å². The predicted octanol–water partition coefficient (Wildman–Crippen LogP) is 5.00. The summed E-state index contributed by atoms with van der Waals surface area (Å²) in [5.74, 6) is -1.85. The van der Waals surface area contributed by atoms with Gasteiger partial charge in [-0.15, -0.1) is 11.3 Å². The van der Waals surface area contributed by atoms with Gasteiger partial charge in [0.05, 0.1) is 25.1 Å². The van der Waals surface area contributed by atoms with E-state index in [-0.39, 0.29) is 29.0 Å². The van der Waals surface area contributed by atoms with Crippen molar-refractivity contribution in [2.75, 3.05) is 45.3 Å². The Morgan fingerprint density at radius 1 is 1.13 bits per heavy atom. The maximum atomic E-state index is 15.1. The lowest BCUT2D eigenvalue weighted by molar-refractivity contribution is -0.147. The number of thiophene rings is 1. The number of aromatic carboxylic acids is 1. The number of halogens is 2. The molecule has 1 unspecified atom stereocenters. The van der Waals surface area contributed by atoms with Gasteiger partial charge in [0.25, 0.3) is 0 Å². The van der Waals surface area contributed by atoms with Crippen LogP contribution in [-0.4, -0.2) is 90.5 Å². The Balaban J connectivity index is 0.000000186. The van der Waals surface area contributed by atoms with E-state index in [0.29, 0.717) is 35.1 Å². The van der Waals surface area contributed by atoms with E-state index in [1.807, 2.05) is 36.1 Å². The van der Waals surface area contributed by atoms with Crippen molar-refractivity contribution in [3.8, 4) is 5.75 Å². The largest absolute Gasteiger partial charge is 0.492 e. The van der Waals surface area contributed by atoms with Crippen molar-refractivity contribution in [1.82, 2.24) is 14.8 Å². The molecule has 4 aromatic rings. The highest BCUT2D eigenvalue weighted by atomic mass is 35.5. The van der Waals surface area contributed by atoms with Gasteiger partial charge in [-0.2, -0.15) is 8.42 Å². The first kappa shape index (κ1) is 40.1. The van der Waals surface area contributed by atoms with Gasteiger partial charge in [0.1, 0.15) is 17.3 Å². The molecular weight excluding hydrogens is 755 g/mol. The number of carboxylic acids is 1. The summed E-state index contributed by atoms with van der Waals surface area (Å²) in [6, 6.07) is 10.6. The van der Waals surface area contributed by atoms with E-state index in [1.165, 1.54) is 30.9 Å². The fourth-order valence-corrected chi connectivity index (χ4v) is 7.76. The number of hydrogen-bond acceptors (Lipinski definition) is 11. The van der Waals surface area contributed by atoms with Gasteiger partial charge in [-0.25, -0.2) is 14.0 Å². The fraction of sp³-hybridized carbons (Fsp3) is 0.400. The summed E-state index contributed by atoms with van der Waals surface area (Å²) in [6.45, 7) is 5.55. The molecule has 0 amide bonds. The van der Waals surface area contributed by atoms with Crippen molar-refractivity contribution in [1.29, 1.82) is 0 Å². The molecule has 7 rings (SSSR count). The fourth-order valence-electron chi connectivity index (χ4n) is 6.63. The Kier molecular flexibility index (Phi) is 12.8. The van der Waals surface area contributed by atoms with Crippen LogP contribution in [0.5, 0.6) is 5.75 Å². The van der Waals surface area contributed by atoms with Gasteiger partial charge >= 0.3 is 22.3 Å². The van der Waals surface area contributed by atoms with Crippen molar-refractivity contribution in [2.24, 2.45) is 0 Å². The summed E-state index contributed by atoms with van der Waals surface area (Å²) in [6.07, 6.45) is 4.11. The zero-order valence-electron chi connectivity index (χ0n) is 29.1. The first-order valence-electron chi connectivity index (χ1n) is 16.6. The van der Waals surface area contributed by atoms with Crippen molar-refractivity contribution in [3.05, 3.63) is 90.6 Å². The molecule has 4 N–H and O–H groups in total. The van der Waals surface area contributed by atoms with Crippen molar-refractivity contribution >= 4 is 61.9 Å². The molecule has 14 nitrogen and oxygen atoms in total. The van der Waals surface area contributed by atoms with E-state index in [0.717, 1.165) is 50.5 Å². The number of fused-ring (bicyclic) bond motifs is 2. The molecule has 1 saturated carbocycles. The highest BCUT2D eigenvalue weighted by molar-refractivity contribution is 7.79. The number of anilines is 1. The molecule has 18 heteroatoms. The number of esters is 1.